The first-order valence-corrected chi connectivity index (χ1v) is 5.02. The minimum absolute atomic E-state index is 0.181. The molecule has 0 unspecified atom stereocenters. The van der Waals surface area contributed by atoms with Gasteiger partial charge in [0.15, 0.2) is 0 Å². The fourth-order valence-corrected chi connectivity index (χ4v) is 1.01. The van der Waals surface area contributed by atoms with Crippen LogP contribution in [0.2, 0.25) is 0 Å². The minimum Gasteiger partial charge on any atom is -0.478 e. The van der Waals surface area contributed by atoms with Gasteiger partial charge in [-0.2, -0.15) is 0 Å². The van der Waals surface area contributed by atoms with Gasteiger partial charge in [-0.05, 0) is 18.6 Å². The highest BCUT2D eigenvalue weighted by atomic mass is 16.5. The molecular formula is C12H16N2O. The Bertz CT molecular complexity index is 320. The lowest BCUT2D eigenvalue weighted by Gasteiger charge is -2.01. The van der Waals surface area contributed by atoms with Crippen molar-refractivity contribution in [2.75, 3.05) is 11.9 Å². The number of rotatable bonds is 5. The summed E-state index contributed by atoms with van der Waals surface area (Å²) in [5.41, 5.74) is 0.997. The van der Waals surface area contributed by atoms with E-state index >= 15 is 0 Å². The van der Waals surface area contributed by atoms with E-state index in [4.69, 9.17) is 10.1 Å². The van der Waals surface area contributed by atoms with Crippen LogP contribution in [0, 0.1) is 5.41 Å². The highest BCUT2D eigenvalue weighted by Crippen LogP contribution is 2.04. The van der Waals surface area contributed by atoms with Gasteiger partial charge in [0.25, 0.3) is 0 Å². The molecule has 0 bridgehead atoms. The summed E-state index contributed by atoms with van der Waals surface area (Å²) in [5.74, 6) is 0.181. The summed E-state index contributed by atoms with van der Waals surface area (Å²) < 4.78 is 5.09. The maximum Gasteiger partial charge on any atom is 0.207 e. The van der Waals surface area contributed by atoms with Crippen LogP contribution in [0.15, 0.2) is 42.6 Å². The van der Waals surface area contributed by atoms with Gasteiger partial charge in [0, 0.05) is 18.0 Å². The molecule has 0 saturated carbocycles. The Balaban J connectivity index is 2.30. The molecule has 0 saturated heterocycles. The number of anilines is 1. The molecule has 0 atom stereocenters. The molecule has 1 rings (SSSR count). The number of benzene rings is 1. The molecule has 15 heavy (non-hydrogen) atoms. The molecule has 0 aliphatic rings. The standard InChI is InChI=1S/C12H16N2O/c1-2-10-15-12(13)8-9-14-11-6-4-3-5-7-11/h3-9,13-14H,2,10H2,1H3/b9-8-,13-12?. The minimum atomic E-state index is 0.181. The van der Waals surface area contributed by atoms with Gasteiger partial charge in [0.05, 0.1) is 6.61 Å². The quantitative estimate of drug-likeness (QED) is 0.572. The van der Waals surface area contributed by atoms with Crippen LogP contribution in [0.5, 0.6) is 0 Å². The van der Waals surface area contributed by atoms with Crippen LogP contribution in [0.25, 0.3) is 0 Å². The largest absolute Gasteiger partial charge is 0.478 e. The first-order valence-electron chi connectivity index (χ1n) is 5.02. The van der Waals surface area contributed by atoms with E-state index in [-0.39, 0.29) is 5.90 Å². The summed E-state index contributed by atoms with van der Waals surface area (Å²) in [6.45, 7) is 2.60. The van der Waals surface area contributed by atoms with Crippen molar-refractivity contribution in [3.8, 4) is 0 Å². The van der Waals surface area contributed by atoms with Gasteiger partial charge in [-0.15, -0.1) is 0 Å². The lowest BCUT2D eigenvalue weighted by Crippen LogP contribution is -2.01. The Kier molecular flexibility index (Phi) is 5.01. The maximum atomic E-state index is 7.41. The van der Waals surface area contributed by atoms with Crippen molar-refractivity contribution >= 4 is 11.6 Å². The number of hydrogen-bond donors (Lipinski definition) is 2. The van der Waals surface area contributed by atoms with E-state index in [2.05, 4.69) is 5.32 Å². The van der Waals surface area contributed by atoms with E-state index in [0.717, 1.165) is 12.1 Å². The Morgan fingerprint density at radius 3 is 2.80 bits per heavy atom. The topological polar surface area (TPSA) is 45.1 Å². The van der Waals surface area contributed by atoms with E-state index in [1.54, 1.807) is 12.3 Å². The summed E-state index contributed by atoms with van der Waals surface area (Å²) in [5, 5.41) is 10.5. The monoisotopic (exact) mass is 204 g/mol. The van der Waals surface area contributed by atoms with E-state index in [0.29, 0.717) is 6.61 Å². The number of ether oxygens (including phenoxy) is 1. The fourth-order valence-electron chi connectivity index (χ4n) is 1.01. The molecule has 0 radical (unpaired) electrons. The highest BCUT2D eigenvalue weighted by Gasteiger charge is 1.89. The Morgan fingerprint density at radius 2 is 2.13 bits per heavy atom. The summed E-state index contributed by atoms with van der Waals surface area (Å²) in [4.78, 5) is 0. The van der Waals surface area contributed by atoms with E-state index in [9.17, 15) is 0 Å². The Hall–Kier alpha value is -1.77. The molecule has 3 heteroatoms. The van der Waals surface area contributed by atoms with E-state index in [1.165, 1.54) is 0 Å². The summed E-state index contributed by atoms with van der Waals surface area (Å²) in [6.07, 6.45) is 4.22. The Morgan fingerprint density at radius 1 is 1.40 bits per heavy atom. The molecule has 0 heterocycles. The normalized spacial score (nSPS) is 10.2. The van der Waals surface area contributed by atoms with Crippen molar-refractivity contribution in [3.05, 3.63) is 42.6 Å². The van der Waals surface area contributed by atoms with Crippen molar-refractivity contribution in [1.82, 2.24) is 0 Å². The second-order valence-corrected chi connectivity index (χ2v) is 3.06. The van der Waals surface area contributed by atoms with Gasteiger partial charge in [0.2, 0.25) is 5.90 Å². The summed E-state index contributed by atoms with van der Waals surface area (Å²) in [6, 6.07) is 9.78. The van der Waals surface area contributed by atoms with E-state index < -0.39 is 0 Å². The van der Waals surface area contributed by atoms with Crippen molar-refractivity contribution in [1.29, 1.82) is 5.41 Å². The zero-order chi connectivity index (χ0) is 10.9. The molecule has 1 aromatic rings. The second-order valence-electron chi connectivity index (χ2n) is 3.06. The van der Waals surface area contributed by atoms with Gasteiger partial charge in [-0.1, -0.05) is 25.1 Å². The zero-order valence-corrected chi connectivity index (χ0v) is 8.86. The number of para-hydroxylation sites is 1. The van der Waals surface area contributed by atoms with Crippen LogP contribution < -0.4 is 5.32 Å². The molecule has 0 fully saturated rings. The van der Waals surface area contributed by atoms with Gasteiger partial charge in [-0.25, -0.2) is 0 Å². The lowest BCUT2D eigenvalue weighted by atomic mass is 10.3. The smallest absolute Gasteiger partial charge is 0.207 e. The second kappa shape index (κ2) is 6.65. The fraction of sp³-hybridized carbons (Fsp3) is 0.250. The van der Waals surface area contributed by atoms with Crippen molar-refractivity contribution in [2.45, 2.75) is 13.3 Å². The van der Waals surface area contributed by atoms with Crippen molar-refractivity contribution < 1.29 is 4.74 Å². The third-order valence-corrected chi connectivity index (χ3v) is 1.72. The van der Waals surface area contributed by atoms with Crippen LogP contribution in [0.1, 0.15) is 13.3 Å². The number of hydrogen-bond acceptors (Lipinski definition) is 3. The molecule has 0 spiro atoms. The lowest BCUT2D eigenvalue weighted by molar-refractivity contribution is 0.304. The van der Waals surface area contributed by atoms with Crippen LogP contribution >= 0.6 is 0 Å². The van der Waals surface area contributed by atoms with Gasteiger partial charge in [0.1, 0.15) is 0 Å². The van der Waals surface area contributed by atoms with Crippen LogP contribution in [0.4, 0.5) is 5.69 Å². The molecule has 0 aromatic heterocycles. The zero-order valence-electron chi connectivity index (χ0n) is 8.86. The molecule has 80 valence electrons. The van der Waals surface area contributed by atoms with Gasteiger partial charge >= 0.3 is 0 Å². The molecule has 3 nitrogen and oxygen atoms in total. The Labute approximate surface area is 90.3 Å². The van der Waals surface area contributed by atoms with Crippen LogP contribution in [0.3, 0.4) is 0 Å². The third kappa shape index (κ3) is 4.86. The van der Waals surface area contributed by atoms with Gasteiger partial charge in [-0.3, -0.25) is 5.41 Å². The first kappa shape index (κ1) is 11.3. The number of nitrogens with one attached hydrogen (secondary N) is 2. The first-order chi connectivity index (χ1) is 7.33. The third-order valence-electron chi connectivity index (χ3n) is 1.72. The predicted octanol–water partition coefficient (Wildman–Crippen LogP) is 3.02. The molecule has 0 aliphatic heterocycles. The highest BCUT2D eigenvalue weighted by molar-refractivity contribution is 5.85. The molecule has 1 aromatic carbocycles. The van der Waals surface area contributed by atoms with Crippen LogP contribution in [-0.4, -0.2) is 12.5 Å². The average Bonchev–Trinajstić information content (AvgIpc) is 2.28. The van der Waals surface area contributed by atoms with Crippen LogP contribution in [-0.2, 0) is 4.74 Å². The van der Waals surface area contributed by atoms with Crippen molar-refractivity contribution in [3.63, 3.8) is 0 Å². The van der Waals surface area contributed by atoms with E-state index in [1.807, 2.05) is 37.3 Å². The molecular weight excluding hydrogens is 188 g/mol. The molecule has 0 amide bonds. The summed E-state index contributed by atoms with van der Waals surface area (Å²) >= 11 is 0. The summed E-state index contributed by atoms with van der Waals surface area (Å²) in [7, 11) is 0. The average molecular weight is 204 g/mol. The SMILES string of the molecule is CCCOC(=N)/C=C\Nc1ccccc1. The van der Waals surface area contributed by atoms with Gasteiger partial charge < -0.3 is 10.1 Å². The molecule has 2 N–H and O–H groups in total. The van der Waals surface area contributed by atoms with Crippen molar-refractivity contribution in [2.24, 2.45) is 0 Å². The predicted molar refractivity (Wildman–Crippen MR) is 63.2 cm³/mol. The maximum absolute atomic E-state index is 7.41. The molecule has 0 aliphatic carbocycles.